The number of nitrogens with two attached hydrogens (primary N) is 1. The number of rotatable bonds is 13. The van der Waals surface area contributed by atoms with E-state index in [1.54, 1.807) is 0 Å². The summed E-state index contributed by atoms with van der Waals surface area (Å²) in [6, 6.07) is 1.20. The number of phosphoric acid groups is 3. The van der Waals surface area contributed by atoms with Crippen LogP contribution in [0, 0.1) is 0 Å². The summed E-state index contributed by atoms with van der Waals surface area (Å²) in [4.78, 5) is 52.4. The van der Waals surface area contributed by atoms with Crippen LogP contribution in [0.5, 0.6) is 0 Å². The van der Waals surface area contributed by atoms with Crippen molar-refractivity contribution < 1.29 is 76.3 Å². The van der Waals surface area contributed by atoms with E-state index < -0.39 is 85.2 Å². The van der Waals surface area contributed by atoms with Crippen molar-refractivity contribution in [3.63, 3.8) is 0 Å². The van der Waals surface area contributed by atoms with Crippen molar-refractivity contribution in [2.75, 3.05) is 25.6 Å². The van der Waals surface area contributed by atoms with E-state index in [-0.39, 0.29) is 5.82 Å². The molecule has 0 amide bonds. The molecule has 2 rings (SSSR count). The molecular weight excluding hydrogens is 575 g/mol. The molecule has 1 aliphatic rings. The fourth-order valence-electron chi connectivity index (χ4n) is 2.87. The van der Waals surface area contributed by atoms with Crippen LogP contribution in [0.25, 0.3) is 0 Å². The molecule has 37 heavy (non-hydrogen) atoms. The number of phosphoric ester groups is 3. The molecule has 1 fully saturated rings. The minimum absolute atomic E-state index is 0.133. The zero-order chi connectivity index (χ0) is 28.4. The molecule has 214 valence electrons. The van der Waals surface area contributed by atoms with Crippen molar-refractivity contribution in [2.45, 2.75) is 43.2 Å². The fraction of sp³-hybridized carbons (Fsp3) is 0.714. The molecule has 2 heterocycles. The number of anilines is 1. The van der Waals surface area contributed by atoms with Crippen LogP contribution in [0.4, 0.5) is 5.82 Å². The van der Waals surface area contributed by atoms with E-state index in [0.717, 1.165) is 17.7 Å². The maximum atomic E-state index is 12.1. The minimum Gasteiger partial charge on any atom is -0.393 e. The molecule has 1 aliphatic heterocycles. The summed E-state index contributed by atoms with van der Waals surface area (Å²) < 4.78 is 58.2. The number of aliphatic hydroxyl groups is 4. The third-order valence-electron chi connectivity index (χ3n) is 4.81. The van der Waals surface area contributed by atoms with Gasteiger partial charge in [-0.25, -0.2) is 18.5 Å². The van der Waals surface area contributed by atoms with Crippen LogP contribution in [0.15, 0.2) is 17.1 Å². The number of aliphatic hydroxyl groups excluding tert-OH is 4. The lowest BCUT2D eigenvalue weighted by molar-refractivity contribution is -0.101. The SMILES string of the molecule is C[C@@](CO)(OP(=O)(O)O)[C@H](O)COP(=O)(O)OP(=O)(O)OC[C@H]1O[C@@H](n2ccc(N)nc2=O)[C@@H](O)[C@@H]1O. The topological polar surface area (TPSA) is 320 Å². The third kappa shape index (κ3) is 8.94. The van der Waals surface area contributed by atoms with Gasteiger partial charge in [0.1, 0.15) is 35.8 Å². The number of aromatic nitrogens is 2. The fourth-order valence-corrected chi connectivity index (χ4v) is 5.68. The highest BCUT2D eigenvalue weighted by atomic mass is 31.3. The van der Waals surface area contributed by atoms with E-state index in [4.69, 9.17) is 20.3 Å². The van der Waals surface area contributed by atoms with Gasteiger partial charge in [-0.2, -0.15) is 9.29 Å². The first-order valence-electron chi connectivity index (χ1n) is 9.87. The van der Waals surface area contributed by atoms with Crippen LogP contribution in [0.2, 0.25) is 0 Å². The van der Waals surface area contributed by atoms with Gasteiger partial charge in [0.25, 0.3) is 0 Å². The van der Waals surface area contributed by atoms with E-state index in [0.29, 0.717) is 0 Å². The maximum absolute atomic E-state index is 12.1. The van der Waals surface area contributed by atoms with Crippen LogP contribution in [-0.4, -0.2) is 99.4 Å². The quantitative estimate of drug-likeness (QED) is 0.101. The molecule has 2 unspecified atom stereocenters. The number of hydrogen-bond acceptors (Lipinski definition) is 15. The minimum atomic E-state index is -5.51. The Labute approximate surface area is 207 Å². The number of nitrogen functional groups attached to an aromatic ring is 1. The lowest BCUT2D eigenvalue weighted by Crippen LogP contribution is -2.47. The van der Waals surface area contributed by atoms with Crippen molar-refractivity contribution in [2.24, 2.45) is 0 Å². The van der Waals surface area contributed by atoms with Crippen molar-refractivity contribution in [1.82, 2.24) is 9.55 Å². The summed E-state index contributed by atoms with van der Waals surface area (Å²) in [5, 5.41) is 39.4. The van der Waals surface area contributed by atoms with Gasteiger partial charge < -0.3 is 50.5 Å². The Hall–Kier alpha value is -1.15. The smallest absolute Gasteiger partial charge is 0.393 e. The van der Waals surface area contributed by atoms with Gasteiger partial charge in [-0.15, -0.1) is 0 Å². The first-order valence-corrected chi connectivity index (χ1v) is 14.4. The van der Waals surface area contributed by atoms with Crippen LogP contribution in [0.3, 0.4) is 0 Å². The standard InChI is InChI=1S/C14H26N3O17P3/c1-14(6-18,33-35(23,24)25)8(19)5-31-37(28,29)34-36(26,27)30-4-7-10(20)11(21)12(32-7)17-3-2-9(15)16-13(17)22/h2-3,7-8,10-12,18-21H,4-6H2,1H3,(H,26,27)(H,28,29)(H2,15,16,22)(H2,23,24,25)/t7-,8-,10-,11+,12-,14+/m1/s1. The Morgan fingerprint density at radius 2 is 1.76 bits per heavy atom. The van der Waals surface area contributed by atoms with Gasteiger partial charge in [0.05, 0.1) is 19.8 Å². The lowest BCUT2D eigenvalue weighted by atomic mass is 10.0. The predicted octanol–water partition coefficient (Wildman–Crippen LogP) is -3.08. The van der Waals surface area contributed by atoms with Gasteiger partial charge in [0.15, 0.2) is 6.23 Å². The number of nitrogens with zero attached hydrogens (tertiary/aromatic N) is 2. The molecule has 0 aromatic carbocycles. The second-order valence-corrected chi connectivity index (χ2v) is 12.0. The summed E-state index contributed by atoms with van der Waals surface area (Å²) in [7, 11) is -16.2. The highest BCUT2D eigenvalue weighted by Gasteiger charge is 2.46. The molecule has 23 heteroatoms. The van der Waals surface area contributed by atoms with E-state index in [1.807, 2.05) is 0 Å². The second kappa shape index (κ2) is 11.9. The Morgan fingerprint density at radius 1 is 1.16 bits per heavy atom. The molecule has 10 N–H and O–H groups in total. The Balaban J connectivity index is 1.97. The largest absolute Gasteiger partial charge is 0.481 e. The second-order valence-electron chi connectivity index (χ2n) is 7.77. The molecule has 0 aliphatic carbocycles. The highest BCUT2D eigenvalue weighted by Crippen LogP contribution is 2.60. The molecule has 1 aromatic heterocycles. The van der Waals surface area contributed by atoms with Gasteiger partial charge in [-0.05, 0) is 13.0 Å². The molecule has 0 radical (unpaired) electrons. The molecule has 0 spiro atoms. The summed E-state index contributed by atoms with van der Waals surface area (Å²) in [5.74, 6) is -0.133. The van der Waals surface area contributed by atoms with Gasteiger partial charge in [-0.1, -0.05) is 0 Å². The number of hydrogen-bond donors (Lipinski definition) is 9. The van der Waals surface area contributed by atoms with Crippen molar-refractivity contribution in [3.8, 4) is 0 Å². The van der Waals surface area contributed by atoms with Crippen LogP contribution < -0.4 is 11.4 Å². The first kappa shape index (κ1) is 32.1. The van der Waals surface area contributed by atoms with Crippen molar-refractivity contribution in [1.29, 1.82) is 0 Å². The van der Waals surface area contributed by atoms with Crippen LogP contribution in [-0.2, 0) is 36.3 Å². The van der Waals surface area contributed by atoms with Crippen molar-refractivity contribution >= 4 is 29.3 Å². The molecule has 1 saturated heterocycles. The Bertz CT molecular complexity index is 1140. The Morgan fingerprint density at radius 3 is 2.30 bits per heavy atom. The average molecular weight is 601 g/mol. The van der Waals surface area contributed by atoms with E-state index in [1.165, 1.54) is 6.07 Å². The molecule has 8 atom stereocenters. The summed E-state index contributed by atoms with van der Waals surface area (Å²) >= 11 is 0. The van der Waals surface area contributed by atoms with Gasteiger partial charge >= 0.3 is 29.2 Å². The van der Waals surface area contributed by atoms with Gasteiger partial charge in [-0.3, -0.25) is 18.1 Å². The summed E-state index contributed by atoms with van der Waals surface area (Å²) in [5.41, 5.74) is 2.04. The first-order chi connectivity index (χ1) is 16.8. The Kier molecular flexibility index (Phi) is 10.3. The monoisotopic (exact) mass is 601 g/mol. The predicted molar refractivity (Wildman–Crippen MR) is 116 cm³/mol. The zero-order valence-corrected chi connectivity index (χ0v) is 21.4. The van der Waals surface area contributed by atoms with Crippen LogP contribution >= 0.6 is 23.5 Å². The van der Waals surface area contributed by atoms with Crippen molar-refractivity contribution in [3.05, 3.63) is 22.7 Å². The van der Waals surface area contributed by atoms with Gasteiger partial charge in [0, 0.05) is 6.20 Å². The van der Waals surface area contributed by atoms with E-state index in [9.17, 15) is 48.7 Å². The number of ether oxygens (including phenoxy) is 1. The highest BCUT2D eigenvalue weighted by molar-refractivity contribution is 7.61. The van der Waals surface area contributed by atoms with E-state index in [2.05, 4.69) is 22.9 Å². The van der Waals surface area contributed by atoms with Crippen LogP contribution in [0.1, 0.15) is 13.2 Å². The third-order valence-corrected chi connectivity index (χ3v) is 8.07. The summed E-state index contributed by atoms with van der Waals surface area (Å²) in [6.45, 7) is -2.66. The molecule has 20 nitrogen and oxygen atoms in total. The maximum Gasteiger partial charge on any atom is 0.481 e. The summed E-state index contributed by atoms with van der Waals surface area (Å²) in [6.07, 6.45) is -7.61. The van der Waals surface area contributed by atoms with Gasteiger partial charge in [0.2, 0.25) is 0 Å². The molecular formula is C14H26N3O17P3. The zero-order valence-electron chi connectivity index (χ0n) is 18.7. The molecule has 1 aromatic rings. The normalized spacial score (nSPS) is 28.2. The average Bonchev–Trinajstić information content (AvgIpc) is 3.02. The van der Waals surface area contributed by atoms with E-state index >= 15 is 0 Å². The lowest BCUT2D eigenvalue weighted by Gasteiger charge is -2.32. The molecule has 0 saturated carbocycles. The molecule has 0 bridgehead atoms.